The van der Waals surface area contributed by atoms with Crippen LogP contribution in [0.25, 0.3) is 87.5 Å². The van der Waals surface area contributed by atoms with Crippen LogP contribution in [0.4, 0.5) is 0 Å². The first-order valence-corrected chi connectivity index (χ1v) is 20.0. The third-order valence-corrected chi connectivity index (χ3v) is 13.1. The Bertz CT molecular complexity index is 3090. The molecule has 0 saturated carbocycles. The molecule has 0 unspecified atom stereocenters. The number of rotatable bonds is 4. The molecule has 1 spiro atoms. The second-order valence-electron chi connectivity index (χ2n) is 14.8. The summed E-state index contributed by atoms with van der Waals surface area (Å²) in [6.45, 7) is 0. The molecule has 3 heteroatoms. The van der Waals surface area contributed by atoms with Crippen LogP contribution in [0.2, 0.25) is 0 Å². The highest BCUT2D eigenvalue weighted by Crippen LogP contribution is 2.64. The van der Waals surface area contributed by atoms with E-state index >= 15 is 0 Å². The number of hydrogen-bond donors (Lipinski definition) is 0. The summed E-state index contributed by atoms with van der Waals surface area (Å²) in [5, 5.41) is 2.42. The molecule has 0 radical (unpaired) electrons. The molecule has 0 bridgehead atoms. The van der Waals surface area contributed by atoms with Crippen molar-refractivity contribution in [2.24, 2.45) is 0 Å². The van der Waals surface area contributed by atoms with Crippen molar-refractivity contribution >= 4 is 31.5 Å². The van der Waals surface area contributed by atoms with E-state index < -0.39 is 0 Å². The molecule has 0 amide bonds. The van der Waals surface area contributed by atoms with Crippen molar-refractivity contribution in [3.63, 3.8) is 0 Å². The van der Waals surface area contributed by atoms with Crippen molar-refractivity contribution < 1.29 is 0 Å². The van der Waals surface area contributed by atoms with Crippen LogP contribution in [0, 0.1) is 0 Å². The van der Waals surface area contributed by atoms with E-state index in [1.807, 2.05) is 23.5 Å². The van der Waals surface area contributed by atoms with E-state index in [9.17, 15) is 0 Å². The van der Waals surface area contributed by atoms with Gasteiger partial charge < -0.3 is 0 Å². The number of hydrogen-bond acceptors (Lipinski definition) is 3. The zero-order valence-electron chi connectivity index (χ0n) is 30.3. The monoisotopic (exact) mass is 728 g/mol. The van der Waals surface area contributed by atoms with E-state index in [0.717, 1.165) is 33.9 Å². The van der Waals surface area contributed by atoms with Crippen LogP contribution in [0.1, 0.15) is 22.3 Å². The number of nitrogens with zero attached hydrogens (tertiary/aromatic N) is 2. The Labute approximate surface area is 329 Å². The molecule has 2 aliphatic rings. The second kappa shape index (κ2) is 12.0. The van der Waals surface area contributed by atoms with E-state index in [1.165, 1.54) is 75.8 Å². The van der Waals surface area contributed by atoms with Crippen molar-refractivity contribution in [3.05, 3.63) is 216 Å². The van der Waals surface area contributed by atoms with Crippen molar-refractivity contribution in [1.29, 1.82) is 0 Å². The average Bonchev–Trinajstić information content (AvgIpc) is 3.91. The maximum atomic E-state index is 5.26. The fraction of sp³-hybridized carbons (Fsp3) is 0.0189. The molecular formula is C53H32N2S. The summed E-state index contributed by atoms with van der Waals surface area (Å²) in [5.74, 6) is 0.732. The summed E-state index contributed by atoms with van der Waals surface area (Å²) < 4.78 is 2.48. The average molecular weight is 729 g/mol. The van der Waals surface area contributed by atoms with Gasteiger partial charge in [0, 0.05) is 36.9 Å². The quantitative estimate of drug-likeness (QED) is 0.180. The molecule has 2 aromatic heterocycles. The standard InChI is InChI=1S/C53H32N2S/c1-3-15-33(16-4-1)46-32-47(34-17-5-2-6-18-34)55-52(54-46)40-23-14-28-49-51(40)41-31-35(29-30-48(41)56-49)36-22-13-27-45-50(36)39-21-9-12-26-44(39)53(45)42-24-10-7-19-37(42)38-20-8-11-25-43(38)53/h1-32H. The van der Waals surface area contributed by atoms with Gasteiger partial charge in [0.1, 0.15) is 0 Å². The van der Waals surface area contributed by atoms with E-state index in [2.05, 4.69) is 182 Å². The van der Waals surface area contributed by atoms with E-state index in [4.69, 9.17) is 9.97 Å². The second-order valence-corrected chi connectivity index (χ2v) is 15.9. The van der Waals surface area contributed by atoms with Crippen molar-refractivity contribution in [2.75, 3.05) is 0 Å². The van der Waals surface area contributed by atoms with Crippen molar-refractivity contribution in [1.82, 2.24) is 9.97 Å². The molecule has 260 valence electrons. The highest BCUT2D eigenvalue weighted by atomic mass is 32.1. The smallest absolute Gasteiger partial charge is 0.161 e. The molecule has 56 heavy (non-hydrogen) atoms. The van der Waals surface area contributed by atoms with Crippen LogP contribution in [0.15, 0.2) is 194 Å². The number of benzene rings is 8. The Morgan fingerprint density at radius 1 is 0.357 bits per heavy atom. The first-order valence-electron chi connectivity index (χ1n) is 19.2. The molecular weight excluding hydrogens is 697 g/mol. The zero-order valence-corrected chi connectivity index (χ0v) is 31.1. The fourth-order valence-corrected chi connectivity index (χ4v) is 10.8. The summed E-state index contributed by atoms with van der Waals surface area (Å²) in [5.41, 5.74) is 17.8. The maximum Gasteiger partial charge on any atom is 0.161 e. The van der Waals surface area contributed by atoms with Crippen LogP contribution >= 0.6 is 11.3 Å². The van der Waals surface area contributed by atoms with Gasteiger partial charge in [-0.3, -0.25) is 0 Å². The molecule has 8 aromatic carbocycles. The first kappa shape index (κ1) is 31.4. The lowest BCUT2D eigenvalue weighted by Crippen LogP contribution is -2.25. The van der Waals surface area contributed by atoms with Crippen molar-refractivity contribution in [2.45, 2.75) is 5.41 Å². The molecule has 0 aliphatic heterocycles. The maximum absolute atomic E-state index is 5.26. The van der Waals surface area contributed by atoms with Gasteiger partial charge in [0.05, 0.1) is 16.8 Å². The number of thiophene rings is 1. The third kappa shape index (κ3) is 4.38. The number of fused-ring (bicyclic) bond motifs is 13. The van der Waals surface area contributed by atoms with Crippen LogP contribution in [0.5, 0.6) is 0 Å². The number of aromatic nitrogens is 2. The lowest BCUT2D eigenvalue weighted by Gasteiger charge is -2.30. The molecule has 0 atom stereocenters. The Morgan fingerprint density at radius 3 is 1.54 bits per heavy atom. The summed E-state index contributed by atoms with van der Waals surface area (Å²) in [6, 6.07) is 70.6. The largest absolute Gasteiger partial charge is 0.228 e. The minimum atomic E-state index is -0.376. The van der Waals surface area contributed by atoms with Crippen LogP contribution < -0.4 is 0 Å². The highest BCUT2D eigenvalue weighted by Gasteiger charge is 2.51. The van der Waals surface area contributed by atoms with E-state index in [1.54, 1.807) is 0 Å². The van der Waals surface area contributed by atoms with Gasteiger partial charge in [-0.2, -0.15) is 0 Å². The normalized spacial score (nSPS) is 13.1. The SMILES string of the molecule is c1ccc(-c2cc(-c3ccccc3)nc(-c3cccc4sc5ccc(-c6cccc7c6-c6ccccc6C76c7ccccc7-c7ccccc76)cc5c34)n2)cc1. The van der Waals surface area contributed by atoms with Gasteiger partial charge in [-0.1, -0.05) is 170 Å². The Kier molecular flexibility index (Phi) is 6.75. The molecule has 10 aromatic rings. The first-order chi connectivity index (χ1) is 27.8. The van der Waals surface area contributed by atoms with Gasteiger partial charge >= 0.3 is 0 Å². The minimum absolute atomic E-state index is 0.376. The predicted octanol–water partition coefficient (Wildman–Crippen LogP) is 13.9. The van der Waals surface area contributed by atoms with E-state index in [-0.39, 0.29) is 5.41 Å². The van der Waals surface area contributed by atoms with Crippen LogP contribution in [0.3, 0.4) is 0 Å². The Balaban J connectivity index is 1.09. The van der Waals surface area contributed by atoms with Crippen LogP contribution in [-0.2, 0) is 5.41 Å². The molecule has 12 rings (SSSR count). The summed E-state index contributed by atoms with van der Waals surface area (Å²) in [4.78, 5) is 10.5. The lowest BCUT2D eigenvalue weighted by atomic mass is 9.70. The summed E-state index contributed by atoms with van der Waals surface area (Å²) in [6.07, 6.45) is 0. The zero-order chi connectivity index (χ0) is 36.8. The fourth-order valence-electron chi connectivity index (χ4n) is 9.65. The van der Waals surface area contributed by atoms with E-state index in [0.29, 0.717) is 0 Å². The Hall–Kier alpha value is -6.94. The minimum Gasteiger partial charge on any atom is -0.228 e. The lowest BCUT2D eigenvalue weighted by molar-refractivity contribution is 0.794. The molecule has 0 fully saturated rings. The molecule has 0 N–H and O–H groups in total. The van der Waals surface area contributed by atoms with Crippen LogP contribution in [-0.4, -0.2) is 9.97 Å². The summed E-state index contributed by atoms with van der Waals surface area (Å²) in [7, 11) is 0. The Morgan fingerprint density at radius 2 is 0.875 bits per heavy atom. The summed E-state index contributed by atoms with van der Waals surface area (Å²) >= 11 is 1.83. The van der Waals surface area contributed by atoms with Gasteiger partial charge in [-0.25, -0.2) is 9.97 Å². The molecule has 2 heterocycles. The van der Waals surface area contributed by atoms with Gasteiger partial charge in [-0.05, 0) is 79.9 Å². The molecule has 0 saturated heterocycles. The topological polar surface area (TPSA) is 25.8 Å². The highest BCUT2D eigenvalue weighted by molar-refractivity contribution is 7.26. The van der Waals surface area contributed by atoms with Gasteiger partial charge in [0.2, 0.25) is 0 Å². The third-order valence-electron chi connectivity index (χ3n) is 11.9. The van der Waals surface area contributed by atoms with Crippen molar-refractivity contribution in [3.8, 4) is 67.3 Å². The molecule has 2 nitrogen and oxygen atoms in total. The predicted molar refractivity (Wildman–Crippen MR) is 233 cm³/mol. The van der Waals surface area contributed by atoms with Gasteiger partial charge in [0.15, 0.2) is 5.82 Å². The van der Waals surface area contributed by atoms with Gasteiger partial charge in [-0.15, -0.1) is 11.3 Å². The molecule has 2 aliphatic carbocycles. The van der Waals surface area contributed by atoms with Gasteiger partial charge in [0.25, 0.3) is 0 Å².